The Kier molecular flexibility index (Phi) is 3.68. The van der Waals surface area contributed by atoms with Gasteiger partial charge in [-0.15, -0.1) is 0 Å². The van der Waals surface area contributed by atoms with Crippen LogP contribution in [0.25, 0.3) is 0 Å². The monoisotopic (exact) mass is 301 g/mol. The van der Waals surface area contributed by atoms with Crippen LogP contribution in [-0.4, -0.2) is 18.1 Å². The second-order valence-electron chi connectivity index (χ2n) is 5.76. The topological polar surface area (TPSA) is 19.4 Å². The lowest BCUT2D eigenvalue weighted by molar-refractivity contribution is 0.749. The third kappa shape index (κ3) is 2.78. The van der Waals surface area contributed by atoms with Gasteiger partial charge in [0.2, 0.25) is 0 Å². The first-order chi connectivity index (χ1) is 11.4. The minimum Gasteiger partial charge on any atom is -0.364 e. The summed E-state index contributed by atoms with van der Waals surface area (Å²) in [5.74, 6) is 0. The van der Waals surface area contributed by atoms with E-state index in [1.165, 1.54) is 16.9 Å². The first-order valence-electron chi connectivity index (χ1n) is 7.97. The zero-order valence-corrected chi connectivity index (χ0v) is 13.0. The summed E-state index contributed by atoms with van der Waals surface area (Å²) in [7, 11) is 0. The van der Waals surface area contributed by atoms with Crippen LogP contribution in [-0.2, 0) is 6.54 Å². The molecule has 23 heavy (non-hydrogen) atoms. The molecule has 0 bridgehead atoms. The van der Waals surface area contributed by atoms with Crippen molar-refractivity contribution in [3.8, 4) is 0 Å². The normalized spacial score (nSPS) is 13.7. The minimum absolute atomic E-state index is 0.943. The van der Waals surface area contributed by atoms with Gasteiger partial charge in [0, 0.05) is 25.8 Å². The predicted molar refractivity (Wildman–Crippen MR) is 95.2 cm³/mol. The summed E-state index contributed by atoms with van der Waals surface area (Å²) < 4.78 is 0. The lowest BCUT2D eigenvalue weighted by Gasteiger charge is -2.38. The molecule has 0 fully saturated rings. The molecule has 0 radical (unpaired) electrons. The van der Waals surface area contributed by atoms with E-state index < -0.39 is 0 Å². The number of para-hydroxylation sites is 2. The molecule has 2 heterocycles. The Morgan fingerprint density at radius 2 is 1.57 bits per heavy atom. The number of benzene rings is 2. The molecule has 0 amide bonds. The molecular weight excluding hydrogens is 282 g/mol. The van der Waals surface area contributed by atoms with Crippen LogP contribution in [0.2, 0.25) is 0 Å². The third-order valence-electron chi connectivity index (χ3n) is 4.28. The second kappa shape index (κ2) is 6.13. The molecule has 0 saturated heterocycles. The number of rotatable bonds is 3. The first-order valence-corrected chi connectivity index (χ1v) is 7.97. The third-order valence-corrected chi connectivity index (χ3v) is 4.28. The molecule has 1 aliphatic heterocycles. The van der Waals surface area contributed by atoms with Crippen molar-refractivity contribution in [3.63, 3.8) is 0 Å². The van der Waals surface area contributed by atoms with Crippen LogP contribution in [0.15, 0.2) is 79.1 Å². The zero-order valence-electron chi connectivity index (χ0n) is 13.0. The molecular formula is C20H19N3. The van der Waals surface area contributed by atoms with Crippen LogP contribution >= 0.6 is 0 Å². The molecule has 0 spiro atoms. The summed E-state index contributed by atoms with van der Waals surface area (Å²) in [6.07, 6.45) is 3.75. The molecule has 0 unspecified atom stereocenters. The predicted octanol–water partition coefficient (Wildman–Crippen LogP) is 4.24. The summed E-state index contributed by atoms with van der Waals surface area (Å²) >= 11 is 0. The van der Waals surface area contributed by atoms with Gasteiger partial charge in [0.1, 0.15) is 0 Å². The van der Waals surface area contributed by atoms with Gasteiger partial charge in [-0.05, 0) is 29.8 Å². The van der Waals surface area contributed by atoms with Crippen LogP contribution in [0, 0.1) is 0 Å². The van der Waals surface area contributed by atoms with E-state index in [-0.39, 0.29) is 0 Å². The average Bonchev–Trinajstić information content (AvgIpc) is 2.64. The number of nitrogens with zero attached hydrogens (tertiary/aromatic N) is 3. The molecule has 1 aliphatic rings. The Morgan fingerprint density at radius 1 is 0.783 bits per heavy atom. The van der Waals surface area contributed by atoms with E-state index in [0.717, 1.165) is 25.3 Å². The highest BCUT2D eigenvalue weighted by molar-refractivity contribution is 5.79. The fraction of sp³-hybridized carbons (Fsp3) is 0.150. The smallest absolute Gasteiger partial charge is 0.0649 e. The van der Waals surface area contributed by atoms with Crippen molar-refractivity contribution in [1.29, 1.82) is 0 Å². The van der Waals surface area contributed by atoms with Crippen molar-refractivity contribution in [2.24, 2.45) is 0 Å². The van der Waals surface area contributed by atoms with E-state index in [2.05, 4.69) is 75.4 Å². The Labute approximate surface area is 136 Å². The summed E-state index contributed by atoms with van der Waals surface area (Å²) in [5.41, 5.74) is 5.03. The quantitative estimate of drug-likeness (QED) is 0.721. The van der Waals surface area contributed by atoms with Crippen molar-refractivity contribution in [2.75, 3.05) is 22.9 Å². The molecule has 114 valence electrons. The Hall–Kier alpha value is -2.81. The van der Waals surface area contributed by atoms with E-state index in [1.807, 2.05) is 18.5 Å². The Balaban J connectivity index is 1.67. The molecule has 2 aromatic carbocycles. The maximum absolute atomic E-state index is 4.26. The Bertz CT molecular complexity index is 771. The van der Waals surface area contributed by atoms with Crippen molar-refractivity contribution in [3.05, 3.63) is 84.7 Å². The molecule has 0 atom stereocenters. The maximum Gasteiger partial charge on any atom is 0.0649 e. The molecule has 3 aromatic rings. The summed E-state index contributed by atoms with van der Waals surface area (Å²) in [5, 5.41) is 0. The van der Waals surface area contributed by atoms with Crippen LogP contribution in [0.3, 0.4) is 0 Å². The number of hydrogen-bond acceptors (Lipinski definition) is 3. The van der Waals surface area contributed by atoms with E-state index in [1.54, 1.807) is 0 Å². The number of pyridine rings is 1. The van der Waals surface area contributed by atoms with E-state index in [9.17, 15) is 0 Å². The lowest BCUT2D eigenvalue weighted by Crippen LogP contribution is -2.38. The number of anilines is 3. The summed E-state index contributed by atoms with van der Waals surface area (Å²) in [6, 6.07) is 23.4. The van der Waals surface area contributed by atoms with Gasteiger partial charge < -0.3 is 9.80 Å². The van der Waals surface area contributed by atoms with E-state index in [0.29, 0.717) is 0 Å². The highest BCUT2D eigenvalue weighted by Crippen LogP contribution is 2.37. The Morgan fingerprint density at radius 3 is 2.35 bits per heavy atom. The molecule has 0 N–H and O–H groups in total. The van der Waals surface area contributed by atoms with Crippen molar-refractivity contribution < 1.29 is 0 Å². The molecule has 0 saturated carbocycles. The summed E-state index contributed by atoms with van der Waals surface area (Å²) in [6.45, 7) is 2.91. The van der Waals surface area contributed by atoms with E-state index in [4.69, 9.17) is 0 Å². The fourth-order valence-corrected chi connectivity index (χ4v) is 3.17. The van der Waals surface area contributed by atoms with Crippen molar-refractivity contribution in [2.45, 2.75) is 6.54 Å². The SMILES string of the molecule is c1ccc(CN2CCN(c3cccnc3)c3ccccc32)cc1. The van der Waals surface area contributed by atoms with Gasteiger partial charge in [0.05, 0.1) is 23.3 Å². The number of fused-ring (bicyclic) bond motifs is 1. The van der Waals surface area contributed by atoms with Crippen LogP contribution in [0.5, 0.6) is 0 Å². The lowest BCUT2D eigenvalue weighted by atomic mass is 10.1. The highest BCUT2D eigenvalue weighted by atomic mass is 15.3. The minimum atomic E-state index is 0.943. The number of aromatic nitrogens is 1. The highest BCUT2D eigenvalue weighted by Gasteiger charge is 2.23. The molecule has 4 rings (SSSR count). The van der Waals surface area contributed by atoms with Crippen LogP contribution in [0.1, 0.15) is 5.56 Å². The van der Waals surface area contributed by atoms with Crippen molar-refractivity contribution in [1.82, 2.24) is 4.98 Å². The van der Waals surface area contributed by atoms with Gasteiger partial charge >= 0.3 is 0 Å². The van der Waals surface area contributed by atoms with Gasteiger partial charge in [-0.1, -0.05) is 42.5 Å². The molecule has 0 aliphatic carbocycles. The van der Waals surface area contributed by atoms with Crippen LogP contribution in [0.4, 0.5) is 17.1 Å². The fourth-order valence-electron chi connectivity index (χ4n) is 3.17. The second-order valence-corrected chi connectivity index (χ2v) is 5.76. The standard InChI is InChI=1S/C20H19N3/c1-2-7-17(8-3-1)16-22-13-14-23(18-9-6-12-21-15-18)20-11-5-4-10-19(20)22/h1-12,15H,13-14,16H2. The van der Waals surface area contributed by atoms with Gasteiger partial charge in [-0.2, -0.15) is 0 Å². The average molecular weight is 301 g/mol. The maximum atomic E-state index is 4.26. The van der Waals surface area contributed by atoms with Gasteiger partial charge in [-0.3, -0.25) is 4.98 Å². The van der Waals surface area contributed by atoms with Gasteiger partial charge in [0.25, 0.3) is 0 Å². The van der Waals surface area contributed by atoms with Gasteiger partial charge in [-0.25, -0.2) is 0 Å². The molecule has 1 aromatic heterocycles. The van der Waals surface area contributed by atoms with Crippen LogP contribution < -0.4 is 9.80 Å². The number of hydrogen-bond donors (Lipinski definition) is 0. The largest absolute Gasteiger partial charge is 0.364 e. The van der Waals surface area contributed by atoms with Gasteiger partial charge in [0.15, 0.2) is 0 Å². The zero-order chi connectivity index (χ0) is 15.5. The molecule has 3 heteroatoms. The summed E-state index contributed by atoms with van der Waals surface area (Å²) in [4.78, 5) is 9.07. The first kappa shape index (κ1) is 13.8. The van der Waals surface area contributed by atoms with E-state index >= 15 is 0 Å². The molecule has 3 nitrogen and oxygen atoms in total. The van der Waals surface area contributed by atoms with Crippen molar-refractivity contribution >= 4 is 17.1 Å².